The molecule has 0 amide bonds. The molecule has 7 heteroatoms. The second-order valence-corrected chi connectivity index (χ2v) is 3.99. The van der Waals surface area contributed by atoms with Crippen molar-refractivity contribution in [2.75, 3.05) is 6.54 Å². The Morgan fingerprint density at radius 3 is 2.69 bits per heavy atom. The highest BCUT2D eigenvalue weighted by Gasteiger charge is 2.18. The molecule has 1 aromatic carbocycles. The summed E-state index contributed by atoms with van der Waals surface area (Å²) in [5.41, 5.74) is 8.49. The van der Waals surface area contributed by atoms with Crippen LogP contribution in [0, 0.1) is 0 Å². The van der Waals surface area contributed by atoms with Crippen molar-refractivity contribution in [1.82, 2.24) is 0 Å². The molecule has 0 aliphatic carbocycles. The van der Waals surface area contributed by atoms with Gasteiger partial charge in [-0.1, -0.05) is 11.2 Å². The van der Waals surface area contributed by atoms with Crippen LogP contribution >= 0.6 is 15.9 Å². The fraction of sp³-hybridized carbons (Fsp3) is 0.333. The summed E-state index contributed by atoms with van der Waals surface area (Å²) in [6.07, 6.45) is -2.34. The molecule has 86 valence electrons. The number of hydrogen-bond acceptors (Lipinski definition) is 4. The summed E-state index contributed by atoms with van der Waals surface area (Å²) in [5, 5.41) is 31.6. The van der Waals surface area contributed by atoms with Gasteiger partial charge in [0.25, 0.3) is 0 Å². The summed E-state index contributed by atoms with van der Waals surface area (Å²) in [4.78, 5) is 2.49. The summed E-state index contributed by atoms with van der Waals surface area (Å²) in [7, 11) is 0. The van der Waals surface area contributed by atoms with Crippen LogP contribution in [-0.4, -0.2) is 28.0 Å². The Kier molecular flexibility index (Phi) is 4.57. The Morgan fingerprint density at radius 2 is 2.12 bits per heavy atom. The van der Waals surface area contributed by atoms with E-state index in [1.807, 2.05) is 0 Å². The molecule has 2 unspecified atom stereocenters. The van der Waals surface area contributed by atoms with Gasteiger partial charge >= 0.3 is 0 Å². The minimum atomic E-state index is -1.17. The summed E-state index contributed by atoms with van der Waals surface area (Å²) in [6, 6.07) is 4.35. The topological polar surface area (TPSA) is 109 Å². The SMILES string of the molecule is [N-]=[N+]=NCC(O)C(O)c1ccc(O)c(Br)c1. The Morgan fingerprint density at radius 1 is 1.44 bits per heavy atom. The number of benzene rings is 1. The first-order chi connectivity index (χ1) is 7.56. The van der Waals surface area contributed by atoms with E-state index in [-0.39, 0.29) is 12.3 Å². The van der Waals surface area contributed by atoms with E-state index < -0.39 is 12.2 Å². The molecule has 0 heterocycles. The lowest BCUT2D eigenvalue weighted by atomic mass is 10.0. The van der Waals surface area contributed by atoms with Crippen LogP contribution in [0.2, 0.25) is 0 Å². The maximum Gasteiger partial charge on any atom is 0.129 e. The van der Waals surface area contributed by atoms with Crippen molar-refractivity contribution in [3.63, 3.8) is 0 Å². The van der Waals surface area contributed by atoms with Gasteiger partial charge in [0.1, 0.15) is 11.9 Å². The Labute approximate surface area is 99.9 Å². The predicted molar refractivity (Wildman–Crippen MR) is 60.8 cm³/mol. The maximum atomic E-state index is 9.70. The van der Waals surface area contributed by atoms with Crippen molar-refractivity contribution in [3.05, 3.63) is 38.7 Å². The first kappa shape index (κ1) is 12.8. The lowest BCUT2D eigenvalue weighted by Crippen LogP contribution is -2.21. The molecule has 0 bridgehead atoms. The normalized spacial score (nSPS) is 13.9. The fourth-order valence-electron chi connectivity index (χ4n) is 1.15. The van der Waals surface area contributed by atoms with E-state index in [0.29, 0.717) is 10.0 Å². The van der Waals surface area contributed by atoms with Crippen molar-refractivity contribution in [3.8, 4) is 5.75 Å². The lowest BCUT2D eigenvalue weighted by molar-refractivity contribution is 0.0243. The van der Waals surface area contributed by atoms with Gasteiger partial charge in [-0.15, -0.1) is 0 Å². The van der Waals surface area contributed by atoms with Crippen LogP contribution in [0.3, 0.4) is 0 Å². The molecule has 0 aromatic heterocycles. The number of aliphatic hydroxyl groups excluding tert-OH is 2. The number of phenols is 1. The predicted octanol–water partition coefficient (Wildman–Crippen LogP) is 1.86. The Bertz CT molecular complexity index is 420. The van der Waals surface area contributed by atoms with E-state index in [1.54, 1.807) is 0 Å². The molecule has 0 saturated carbocycles. The largest absolute Gasteiger partial charge is 0.507 e. The highest BCUT2D eigenvalue weighted by atomic mass is 79.9. The lowest BCUT2D eigenvalue weighted by Gasteiger charge is -2.16. The Balaban J connectivity index is 2.82. The molecule has 3 N–H and O–H groups in total. The number of halogens is 1. The van der Waals surface area contributed by atoms with Gasteiger partial charge in [-0.3, -0.25) is 0 Å². The number of aliphatic hydroxyl groups is 2. The molecule has 1 rings (SSSR count). The number of rotatable bonds is 4. The van der Waals surface area contributed by atoms with Crippen molar-refractivity contribution >= 4 is 15.9 Å². The van der Waals surface area contributed by atoms with Gasteiger partial charge in [0, 0.05) is 4.91 Å². The standard InChI is InChI=1S/C9H10BrN3O3/c10-6-3-5(1-2-7(6)14)9(16)8(15)4-12-13-11/h1-3,8-9,14-16H,4H2. The van der Waals surface area contributed by atoms with Gasteiger partial charge < -0.3 is 15.3 Å². The molecular formula is C9H10BrN3O3. The van der Waals surface area contributed by atoms with E-state index >= 15 is 0 Å². The van der Waals surface area contributed by atoms with Gasteiger partial charge in [-0.2, -0.15) is 0 Å². The molecular weight excluding hydrogens is 278 g/mol. The zero-order chi connectivity index (χ0) is 12.1. The molecule has 2 atom stereocenters. The highest BCUT2D eigenvalue weighted by Crippen LogP contribution is 2.28. The smallest absolute Gasteiger partial charge is 0.129 e. The average molecular weight is 288 g/mol. The van der Waals surface area contributed by atoms with E-state index in [4.69, 9.17) is 5.53 Å². The van der Waals surface area contributed by atoms with E-state index in [1.165, 1.54) is 18.2 Å². The molecule has 0 aliphatic rings. The van der Waals surface area contributed by atoms with Gasteiger partial charge in [0.15, 0.2) is 0 Å². The number of nitrogens with zero attached hydrogens (tertiary/aromatic N) is 3. The van der Waals surface area contributed by atoms with Crippen LogP contribution in [0.25, 0.3) is 10.4 Å². The van der Waals surface area contributed by atoms with Gasteiger partial charge in [0.2, 0.25) is 0 Å². The second kappa shape index (κ2) is 5.72. The monoisotopic (exact) mass is 287 g/mol. The van der Waals surface area contributed by atoms with Crippen LogP contribution in [0.15, 0.2) is 27.8 Å². The third kappa shape index (κ3) is 3.11. The first-order valence-corrected chi connectivity index (χ1v) is 5.21. The first-order valence-electron chi connectivity index (χ1n) is 4.41. The zero-order valence-electron chi connectivity index (χ0n) is 8.16. The summed E-state index contributed by atoms with van der Waals surface area (Å²) >= 11 is 3.09. The quantitative estimate of drug-likeness (QED) is 0.447. The molecule has 0 fully saturated rings. The molecule has 0 aliphatic heterocycles. The van der Waals surface area contributed by atoms with Crippen LogP contribution in [0.1, 0.15) is 11.7 Å². The summed E-state index contributed by atoms with van der Waals surface area (Å²) in [6.45, 7) is -0.212. The van der Waals surface area contributed by atoms with E-state index in [2.05, 4.69) is 26.0 Å². The van der Waals surface area contributed by atoms with Crippen LogP contribution in [-0.2, 0) is 0 Å². The molecule has 16 heavy (non-hydrogen) atoms. The van der Waals surface area contributed by atoms with E-state index in [9.17, 15) is 15.3 Å². The molecule has 1 aromatic rings. The minimum absolute atomic E-state index is 0.0421. The average Bonchev–Trinajstić information content (AvgIpc) is 2.28. The molecule has 0 spiro atoms. The second-order valence-electron chi connectivity index (χ2n) is 3.14. The number of phenolic OH excluding ortho intramolecular Hbond substituents is 1. The number of aromatic hydroxyl groups is 1. The summed E-state index contributed by atoms with van der Waals surface area (Å²) in [5.74, 6) is 0.0421. The fourth-order valence-corrected chi connectivity index (χ4v) is 1.55. The third-order valence-corrected chi connectivity index (χ3v) is 2.64. The van der Waals surface area contributed by atoms with Crippen LogP contribution in [0.5, 0.6) is 5.75 Å². The van der Waals surface area contributed by atoms with Crippen molar-refractivity contribution < 1.29 is 15.3 Å². The summed E-state index contributed by atoms with van der Waals surface area (Å²) < 4.78 is 0.417. The number of azide groups is 1. The highest BCUT2D eigenvalue weighted by molar-refractivity contribution is 9.10. The van der Waals surface area contributed by atoms with Crippen LogP contribution < -0.4 is 0 Å². The van der Waals surface area contributed by atoms with Gasteiger partial charge in [0.05, 0.1) is 17.1 Å². The molecule has 0 radical (unpaired) electrons. The maximum absolute atomic E-state index is 9.70. The molecule has 0 saturated heterocycles. The van der Waals surface area contributed by atoms with Gasteiger partial charge in [-0.25, -0.2) is 0 Å². The van der Waals surface area contributed by atoms with Crippen molar-refractivity contribution in [1.29, 1.82) is 0 Å². The number of hydrogen-bond donors (Lipinski definition) is 3. The minimum Gasteiger partial charge on any atom is -0.507 e. The third-order valence-electron chi connectivity index (χ3n) is 2.01. The van der Waals surface area contributed by atoms with Gasteiger partial charge in [-0.05, 0) is 39.2 Å². The van der Waals surface area contributed by atoms with Crippen molar-refractivity contribution in [2.24, 2.45) is 5.11 Å². The van der Waals surface area contributed by atoms with Crippen LogP contribution in [0.4, 0.5) is 0 Å². The zero-order valence-corrected chi connectivity index (χ0v) is 9.74. The Hall–Kier alpha value is -1.27. The molecule has 6 nitrogen and oxygen atoms in total. The van der Waals surface area contributed by atoms with Crippen molar-refractivity contribution in [2.45, 2.75) is 12.2 Å². The van der Waals surface area contributed by atoms with E-state index in [0.717, 1.165) is 0 Å².